The first-order valence-corrected chi connectivity index (χ1v) is 16.6. The Kier molecular flexibility index (Phi) is 7.94. The van der Waals surface area contributed by atoms with Crippen molar-refractivity contribution in [2.24, 2.45) is 0 Å². The van der Waals surface area contributed by atoms with Gasteiger partial charge in [0.1, 0.15) is 35.2 Å². The van der Waals surface area contributed by atoms with Gasteiger partial charge < -0.3 is 20.1 Å². The van der Waals surface area contributed by atoms with E-state index < -0.39 is 11.6 Å². The van der Waals surface area contributed by atoms with E-state index in [1.807, 2.05) is 13.8 Å². The molecule has 2 N–H and O–H groups in total. The van der Waals surface area contributed by atoms with Gasteiger partial charge >= 0.3 is 6.01 Å². The Morgan fingerprint density at radius 2 is 1.89 bits per heavy atom. The lowest BCUT2D eigenvalue weighted by atomic mass is 9.95. The van der Waals surface area contributed by atoms with Crippen LogP contribution < -0.4 is 15.0 Å². The smallest absolute Gasteiger partial charge is 0.319 e. The van der Waals surface area contributed by atoms with Crippen LogP contribution in [0, 0.1) is 24.0 Å². The number of nitrogens with zero attached hydrogens (tertiary/aromatic N) is 5. The van der Waals surface area contributed by atoms with E-state index in [2.05, 4.69) is 28.0 Å². The van der Waals surface area contributed by atoms with Crippen molar-refractivity contribution in [1.29, 1.82) is 0 Å². The first kappa shape index (κ1) is 30.6. The molecule has 4 aliphatic heterocycles. The number of aryl methyl sites for hydroxylation is 1. The Morgan fingerprint density at radius 3 is 2.65 bits per heavy atom. The molecule has 0 spiro atoms. The summed E-state index contributed by atoms with van der Waals surface area (Å²) >= 11 is 0. The number of hydrogen-bond acceptors (Lipinski definition) is 8. The second-order valence-electron chi connectivity index (χ2n) is 12.8. The number of piperazine rings is 1. The maximum Gasteiger partial charge on any atom is 0.319 e. The van der Waals surface area contributed by atoms with Crippen LogP contribution in [0.3, 0.4) is 0 Å². The number of aromatic hydroxyl groups is 1. The summed E-state index contributed by atoms with van der Waals surface area (Å²) in [5.74, 6) is 1.68. The lowest BCUT2D eigenvalue weighted by Gasteiger charge is -2.39. The van der Waals surface area contributed by atoms with E-state index in [4.69, 9.17) is 26.1 Å². The molecule has 10 heteroatoms. The maximum atomic E-state index is 17.0. The number of rotatable bonds is 4. The topological polar surface area (TPSA) is 86.6 Å². The minimum absolute atomic E-state index is 0.00816. The van der Waals surface area contributed by atoms with Crippen LogP contribution in [-0.2, 0) is 6.42 Å². The SMILES string of the molecule is C#Cc1c(F)ccc2cc(O)cc(-c3nc4c5c(nc(OCC67CCCN6CCC7)nc5c3F)N3CC(C)NCC3CC4)c12.CC. The second kappa shape index (κ2) is 11.9. The number of terminal acetylenes is 1. The minimum Gasteiger partial charge on any atom is -0.508 e. The molecule has 8 rings (SSSR count). The first-order valence-electron chi connectivity index (χ1n) is 16.6. The fraction of sp³-hybridized carbons (Fsp3) is 0.472. The zero-order valence-corrected chi connectivity index (χ0v) is 26.7. The molecular formula is C36H40F2N6O2. The van der Waals surface area contributed by atoms with Crippen LogP contribution in [0.15, 0.2) is 24.3 Å². The molecule has 0 amide bonds. The van der Waals surface area contributed by atoms with E-state index in [1.54, 1.807) is 0 Å². The van der Waals surface area contributed by atoms with Gasteiger partial charge in [-0.05, 0) is 82.1 Å². The molecule has 8 nitrogen and oxygen atoms in total. The largest absolute Gasteiger partial charge is 0.508 e. The van der Waals surface area contributed by atoms with Crippen LogP contribution in [0.4, 0.5) is 14.6 Å². The molecule has 4 aromatic rings. The predicted octanol–water partition coefficient (Wildman–Crippen LogP) is 5.96. The zero-order valence-electron chi connectivity index (χ0n) is 26.7. The minimum atomic E-state index is -0.681. The maximum absolute atomic E-state index is 17.0. The number of ether oxygens (including phenoxy) is 1. The summed E-state index contributed by atoms with van der Waals surface area (Å²) in [6, 6.07) is 6.16. The van der Waals surface area contributed by atoms with Gasteiger partial charge in [-0.25, -0.2) is 13.8 Å². The Labute approximate surface area is 268 Å². The second-order valence-corrected chi connectivity index (χ2v) is 12.8. The number of pyridine rings is 1. The van der Waals surface area contributed by atoms with Crippen LogP contribution in [0.25, 0.3) is 32.9 Å². The van der Waals surface area contributed by atoms with E-state index in [0.717, 1.165) is 51.7 Å². The summed E-state index contributed by atoms with van der Waals surface area (Å²) in [4.78, 5) is 19.3. The van der Waals surface area contributed by atoms with Crippen LogP contribution >= 0.6 is 0 Å². The summed E-state index contributed by atoms with van der Waals surface area (Å²) < 4.78 is 38.3. The van der Waals surface area contributed by atoms with Gasteiger partial charge in [0.15, 0.2) is 5.82 Å². The van der Waals surface area contributed by atoms with E-state index in [-0.39, 0.29) is 51.7 Å². The highest BCUT2D eigenvalue weighted by molar-refractivity contribution is 6.03. The summed E-state index contributed by atoms with van der Waals surface area (Å²) in [6.45, 7) is 10.2. The molecule has 2 aromatic heterocycles. The van der Waals surface area contributed by atoms with Crippen molar-refractivity contribution >= 4 is 27.5 Å². The third-order valence-corrected chi connectivity index (χ3v) is 10.2. The van der Waals surface area contributed by atoms with Gasteiger partial charge in [0.05, 0.1) is 22.2 Å². The summed E-state index contributed by atoms with van der Waals surface area (Å²) in [7, 11) is 0. The number of fused-ring (bicyclic) bond motifs is 4. The van der Waals surface area contributed by atoms with Crippen LogP contribution in [0.1, 0.15) is 64.1 Å². The molecule has 240 valence electrons. The molecular weight excluding hydrogens is 586 g/mol. The number of hydrogen-bond donors (Lipinski definition) is 2. The van der Waals surface area contributed by atoms with Crippen molar-refractivity contribution in [3.8, 4) is 35.4 Å². The molecule has 6 heterocycles. The monoisotopic (exact) mass is 626 g/mol. The van der Waals surface area contributed by atoms with Gasteiger partial charge in [-0.1, -0.05) is 25.8 Å². The number of benzene rings is 2. The Balaban J connectivity index is 0.00000166. The van der Waals surface area contributed by atoms with Crippen molar-refractivity contribution in [1.82, 2.24) is 25.2 Å². The highest BCUT2D eigenvalue weighted by Gasteiger charge is 2.45. The molecule has 0 aliphatic carbocycles. The fourth-order valence-electron chi connectivity index (χ4n) is 8.03. The summed E-state index contributed by atoms with van der Waals surface area (Å²) in [5, 5.41) is 15.6. The van der Waals surface area contributed by atoms with E-state index >= 15 is 4.39 Å². The third kappa shape index (κ3) is 4.92. The summed E-state index contributed by atoms with van der Waals surface area (Å²) in [6.07, 6.45) is 11.5. The molecule has 2 aromatic carbocycles. The average molecular weight is 627 g/mol. The van der Waals surface area contributed by atoms with Gasteiger partial charge in [0, 0.05) is 36.1 Å². The third-order valence-electron chi connectivity index (χ3n) is 10.2. The number of halogens is 2. The standard InChI is InChI=1S/C34H34F2N6O2.C2H6/c1-3-23-25(35)8-6-20-14-22(43)15-24(27(20)23)30-29(36)31-28-26(38-30)9-7-21-16-37-19(2)17-42(21)32(28)40-33(39-31)44-18-34-10-4-12-41(34)13-5-11-34;1-2/h1,6,8,14-15,19,21,37,43H,4-5,7,9-13,16-18H2,2H3;1-2H3. The number of aromatic nitrogens is 3. The molecule has 46 heavy (non-hydrogen) atoms. The normalized spacial score (nSPS) is 21.7. The lowest BCUT2D eigenvalue weighted by molar-refractivity contribution is 0.108. The molecule has 0 bridgehead atoms. The van der Waals surface area contributed by atoms with Crippen molar-refractivity contribution < 1.29 is 18.6 Å². The van der Waals surface area contributed by atoms with Gasteiger partial charge in [-0.2, -0.15) is 9.97 Å². The Bertz CT molecular complexity index is 1860. The van der Waals surface area contributed by atoms with Gasteiger partial charge in [0.2, 0.25) is 0 Å². The highest BCUT2D eigenvalue weighted by atomic mass is 19.1. The van der Waals surface area contributed by atoms with Crippen molar-refractivity contribution in [2.75, 3.05) is 37.7 Å². The fourth-order valence-corrected chi connectivity index (χ4v) is 8.03. The summed E-state index contributed by atoms with van der Waals surface area (Å²) in [5.41, 5.74) is 0.919. The van der Waals surface area contributed by atoms with Crippen LogP contribution in [-0.4, -0.2) is 75.4 Å². The van der Waals surface area contributed by atoms with E-state index in [9.17, 15) is 9.50 Å². The van der Waals surface area contributed by atoms with Crippen molar-refractivity contribution in [2.45, 2.75) is 76.9 Å². The van der Waals surface area contributed by atoms with Crippen LogP contribution in [0.2, 0.25) is 0 Å². The first-order chi connectivity index (χ1) is 22.3. The molecule has 3 fully saturated rings. The molecule has 2 unspecified atom stereocenters. The van der Waals surface area contributed by atoms with Gasteiger partial charge in [-0.15, -0.1) is 6.42 Å². The van der Waals surface area contributed by atoms with E-state index in [0.29, 0.717) is 47.2 Å². The molecule has 3 saturated heterocycles. The highest BCUT2D eigenvalue weighted by Crippen LogP contribution is 2.43. The van der Waals surface area contributed by atoms with Crippen molar-refractivity contribution in [3.63, 3.8) is 0 Å². The zero-order chi connectivity index (χ0) is 32.2. The molecule has 4 aliphatic rings. The van der Waals surface area contributed by atoms with Crippen molar-refractivity contribution in [3.05, 3.63) is 47.2 Å². The quantitative estimate of drug-likeness (QED) is 0.269. The molecule has 0 radical (unpaired) electrons. The van der Waals surface area contributed by atoms with Gasteiger partial charge in [0.25, 0.3) is 0 Å². The van der Waals surface area contributed by atoms with Gasteiger partial charge in [-0.3, -0.25) is 4.90 Å². The average Bonchev–Trinajstić information content (AvgIpc) is 3.61. The number of phenols is 1. The van der Waals surface area contributed by atoms with Crippen LogP contribution in [0.5, 0.6) is 11.8 Å². The number of nitrogens with one attached hydrogen (secondary N) is 1. The molecule has 2 atom stereocenters. The number of anilines is 1. The lowest BCUT2D eigenvalue weighted by Crippen LogP contribution is -2.55. The predicted molar refractivity (Wildman–Crippen MR) is 176 cm³/mol. The Hall–Kier alpha value is -4.07. The number of phenolic OH excluding ortho intramolecular Hbond substituents is 1. The Morgan fingerprint density at radius 1 is 1.11 bits per heavy atom. The van der Waals surface area contributed by atoms with E-state index in [1.165, 1.54) is 24.3 Å². The molecule has 0 saturated carbocycles.